The molecule has 0 aliphatic heterocycles. The summed E-state index contributed by atoms with van der Waals surface area (Å²) in [5.41, 5.74) is 0. The summed E-state index contributed by atoms with van der Waals surface area (Å²) in [4.78, 5) is 0. The Hall–Kier alpha value is -0.0800. The van der Waals surface area contributed by atoms with Gasteiger partial charge in [-0.3, -0.25) is 0 Å². The van der Waals surface area contributed by atoms with Gasteiger partial charge >= 0.3 is 0 Å². The van der Waals surface area contributed by atoms with Crippen LogP contribution in [0, 0.1) is 11.8 Å². The Morgan fingerprint density at radius 2 is 1.84 bits per heavy atom. The van der Waals surface area contributed by atoms with Crippen LogP contribution in [0.5, 0.6) is 0 Å². The van der Waals surface area contributed by atoms with E-state index >= 15 is 0 Å². The highest BCUT2D eigenvalue weighted by molar-refractivity contribution is 4.86. The fraction of sp³-hybridized carbons (Fsp3) is 1.00. The zero-order valence-electron chi connectivity index (χ0n) is 13.0. The van der Waals surface area contributed by atoms with Crippen LogP contribution in [0.2, 0.25) is 0 Å². The third kappa shape index (κ3) is 5.07. The van der Waals surface area contributed by atoms with Crippen LogP contribution in [-0.4, -0.2) is 25.8 Å². The van der Waals surface area contributed by atoms with Gasteiger partial charge in [-0.1, -0.05) is 39.0 Å². The van der Waals surface area contributed by atoms with Gasteiger partial charge in [0, 0.05) is 13.2 Å². The van der Waals surface area contributed by atoms with E-state index in [9.17, 15) is 0 Å². The fourth-order valence-corrected chi connectivity index (χ4v) is 3.68. The number of rotatable bonds is 9. The lowest BCUT2D eigenvalue weighted by Crippen LogP contribution is -2.46. The number of methoxy groups -OCH3 is 1. The van der Waals surface area contributed by atoms with Gasteiger partial charge in [-0.05, 0) is 50.5 Å². The van der Waals surface area contributed by atoms with Crippen molar-refractivity contribution in [2.24, 2.45) is 11.8 Å². The minimum absolute atomic E-state index is 0.450. The normalized spacial score (nSPS) is 24.3. The number of ether oxygens (including phenoxy) is 1. The topological polar surface area (TPSA) is 21.3 Å². The number of hydrogen-bond acceptors (Lipinski definition) is 2. The molecule has 0 bridgehead atoms. The lowest BCUT2D eigenvalue weighted by molar-refractivity contribution is 0.00534. The van der Waals surface area contributed by atoms with E-state index in [0.29, 0.717) is 12.1 Å². The summed E-state index contributed by atoms with van der Waals surface area (Å²) in [5.74, 6) is 1.84. The van der Waals surface area contributed by atoms with Crippen LogP contribution < -0.4 is 5.32 Å². The van der Waals surface area contributed by atoms with Gasteiger partial charge in [-0.15, -0.1) is 0 Å². The maximum atomic E-state index is 5.94. The second-order valence-electron chi connectivity index (χ2n) is 6.68. The molecule has 2 rings (SSSR count). The summed E-state index contributed by atoms with van der Waals surface area (Å²) in [6, 6.07) is 0.591. The SMILES string of the molecule is CCCNC(CCC1CC1)C(OC)C1CCCCC1. The Labute approximate surface area is 119 Å². The monoisotopic (exact) mass is 267 g/mol. The van der Waals surface area contributed by atoms with Crippen LogP contribution in [0.15, 0.2) is 0 Å². The van der Waals surface area contributed by atoms with E-state index in [2.05, 4.69) is 12.2 Å². The molecule has 2 nitrogen and oxygen atoms in total. The molecule has 0 aromatic heterocycles. The second kappa shape index (κ2) is 8.26. The van der Waals surface area contributed by atoms with E-state index in [1.807, 2.05) is 7.11 Å². The first kappa shape index (κ1) is 15.3. The van der Waals surface area contributed by atoms with Gasteiger partial charge in [-0.25, -0.2) is 0 Å². The van der Waals surface area contributed by atoms with E-state index in [1.165, 1.54) is 64.2 Å². The van der Waals surface area contributed by atoms with Gasteiger partial charge in [0.25, 0.3) is 0 Å². The van der Waals surface area contributed by atoms with Crippen LogP contribution in [0.4, 0.5) is 0 Å². The van der Waals surface area contributed by atoms with Gasteiger partial charge in [0.15, 0.2) is 0 Å². The molecular formula is C17H33NO. The van der Waals surface area contributed by atoms with Crippen molar-refractivity contribution in [3.8, 4) is 0 Å². The van der Waals surface area contributed by atoms with Crippen molar-refractivity contribution in [1.82, 2.24) is 5.32 Å². The molecule has 0 radical (unpaired) electrons. The third-order valence-electron chi connectivity index (χ3n) is 5.02. The van der Waals surface area contributed by atoms with E-state index < -0.39 is 0 Å². The molecule has 0 spiro atoms. The molecule has 2 fully saturated rings. The van der Waals surface area contributed by atoms with Crippen molar-refractivity contribution in [2.45, 2.75) is 83.3 Å². The van der Waals surface area contributed by atoms with E-state index in [1.54, 1.807) is 0 Å². The van der Waals surface area contributed by atoms with Crippen molar-refractivity contribution in [2.75, 3.05) is 13.7 Å². The Kier molecular flexibility index (Phi) is 6.66. The quantitative estimate of drug-likeness (QED) is 0.678. The zero-order chi connectivity index (χ0) is 13.5. The van der Waals surface area contributed by atoms with Gasteiger partial charge in [0.1, 0.15) is 0 Å². The smallest absolute Gasteiger partial charge is 0.0752 e. The molecule has 0 saturated heterocycles. The standard InChI is InChI=1S/C17H33NO/c1-3-13-18-16(12-11-14-9-10-14)17(19-2)15-7-5-4-6-8-15/h14-18H,3-13H2,1-2H3. The Bertz CT molecular complexity index is 233. The molecular weight excluding hydrogens is 234 g/mol. The molecule has 0 heterocycles. The minimum Gasteiger partial charge on any atom is -0.380 e. The molecule has 2 aliphatic carbocycles. The molecule has 2 saturated carbocycles. The molecule has 0 aromatic carbocycles. The first-order valence-electron chi connectivity index (χ1n) is 8.61. The average Bonchev–Trinajstić information content (AvgIpc) is 3.27. The van der Waals surface area contributed by atoms with Gasteiger partial charge in [-0.2, -0.15) is 0 Å². The van der Waals surface area contributed by atoms with E-state index in [0.717, 1.165) is 18.4 Å². The maximum Gasteiger partial charge on any atom is 0.0752 e. The van der Waals surface area contributed by atoms with Crippen LogP contribution in [0.25, 0.3) is 0 Å². The fourth-order valence-electron chi connectivity index (χ4n) is 3.68. The molecule has 0 aromatic rings. The van der Waals surface area contributed by atoms with Crippen molar-refractivity contribution in [1.29, 1.82) is 0 Å². The molecule has 112 valence electrons. The van der Waals surface area contributed by atoms with Gasteiger partial charge in [0.2, 0.25) is 0 Å². The first-order valence-corrected chi connectivity index (χ1v) is 8.61. The first-order chi connectivity index (χ1) is 9.35. The number of hydrogen-bond donors (Lipinski definition) is 1. The summed E-state index contributed by atoms with van der Waals surface area (Å²) in [6.07, 6.45) is 14.4. The molecule has 2 unspecified atom stereocenters. The van der Waals surface area contributed by atoms with Crippen LogP contribution in [0.1, 0.15) is 71.1 Å². The Morgan fingerprint density at radius 3 is 2.42 bits per heavy atom. The van der Waals surface area contributed by atoms with Gasteiger partial charge in [0.05, 0.1) is 6.10 Å². The third-order valence-corrected chi connectivity index (χ3v) is 5.02. The highest BCUT2D eigenvalue weighted by atomic mass is 16.5. The van der Waals surface area contributed by atoms with Crippen LogP contribution >= 0.6 is 0 Å². The largest absolute Gasteiger partial charge is 0.380 e. The van der Waals surface area contributed by atoms with Crippen LogP contribution in [0.3, 0.4) is 0 Å². The predicted molar refractivity (Wildman–Crippen MR) is 81.4 cm³/mol. The average molecular weight is 267 g/mol. The van der Waals surface area contributed by atoms with Gasteiger partial charge < -0.3 is 10.1 Å². The molecule has 19 heavy (non-hydrogen) atoms. The minimum atomic E-state index is 0.450. The highest BCUT2D eigenvalue weighted by Crippen LogP contribution is 2.36. The lowest BCUT2D eigenvalue weighted by atomic mass is 9.81. The van der Waals surface area contributed by atoms with Crippen molar-refractivity contribution < 1.29 is 4.74 Å². The maximum absolute atomic E-state index is 5.94. The van der Waals surface area contributed by atoms with Crippen LogP contribution in [-0.2, 0) is 4.74 Å². The summed E-state index contributed by atoms with van der Waals surface area (Å²) in [6.45, 7) is 3.40. The molecule has 2 aliphatic rings. The van der Waals surface area contributed by atoms with E-state index in [-0.39, 0.29) is 0 Å². The summed E-state index contributed by atoms with van der Waals surface area (Å²) < 4.78 is 5.94. The Balaban J connectivity index is 1.86. The summed E-state index contributed by atoms with van der Waals surface area (Å²) in [7, 11) is 1.93. The molecule has 2 heteroatoms. The Morgan fingerprint density at radius 1 is 1.11 bits per heavy atom. The predicted octanol–water partition coefficient (Wildman–Crippen LogP) is 4.14. The highest BCUT2D eigenvalue weighted by Gasteiger charge is 2.31. The zero-order valence-corrected chi connectivity index (χ0v) is 13.0. The summed E-state index contributed by atoms with van der Waals surface area (Å²) in [5, 5.41) is 3.78. The molecule has 2 atom stereocenters. The van der Waals surface area contributed by atoms with Crippen molar-refractivity contribution >= 4 is 0 Å². The molecule has 0 amide bonds. The second-order valence-corrected chi connectivity index (χ2v) is 6.68. The van der Waals surface area contributed by atoms with Crippen molar-refractivity contribution in [3.05, 3.63) is 0 Å². The summed E-state index contributed by atoms with van der Waals surface area (Å²) >= 11 is 0. The number of nitrogens with one attached hydrogen (secondary N) is 1. The lowest BCUT2D eigenvalue weighted by Gasteiger charge is -2.35. The van der Waals surface area contributed by atoms with Crippen molar-refractivity contribution in [3.63, 3.8) is 0 Å². The van der Waals surface area contributed by atoms with E-state index in [4.69, 9.17) is 4.74 Å². The molecule has 1 N–H and O–H groups in total.